The van der Waals surface area contributed by atoms with Crippen LogP contribution in [0.2, 0.25) is 0 Å². The third-order valence-electron chi connectivity index (χ3n) is 6.77. The Kier molecular flexibility index (Phi) is 6.88. The number of nitrogens with one attached hydrogen (secondary N) is 2. The van der Waals surface area contributed by atoms with E-state index < -0.39 is 17.8 Å². The van der Waals surface area contributed by atoms with Gasteiger partial charge in [0.25, 0.3) is 11.6 Å². The molecule has 0 radical (unpaired) electrons. The van der Waals surface area contributed by atoms with Crippen molar-refractivity contribution in [2.24, 2.45) is 5.92 Å². The van der Waals surface area contributed by atoms with Gasteiger partial charge in [0.05, 0.1) is 12.6 Å². The molecule has 1 aliphatic rings. The molecule has 1 aliphatic carbocycles. The Labute approximate surface area is 221 Å². The van der Waals surface area contributed by atoms with Gasteiger partial charge in [-0.1, -0.05) is 18.2 Å². The Bertz CT molecular complexity index is 1600. The van der Waals surface area contributed by atoms with E-state index in [0.717, 1.165) is 24.6 Å². The molecule has 4 aromatic rings. The van der Waals surface area contributed by atoms with Gasteiger partial charge < -0.3 is 9.73 Å². The van der Waals surface area contributed by atoms with Crippen molar-refractivity contribution in [3.8, 4) is 11.1 Å². The number of amides is 1. The van der Waals surface area contributed by atoms with Crippen LogP contribution in [0, 0.1) is 31.0 Å². The zero-order valence-electron chi connectivity index (χ0n) is 21.3. The summed E-state index contributed by atoms with van der Waals surface area (Å²) in [5.41, 5.74) is 0.744. The van der Waals surface area contributed by atoms with Crippen LogP contribution in [0.3, 0.4) is 0 Å². The fourth-order valence-electron chi connectivity index (χ4n) is 4.75. The highest BCUT2D eigenvalue weighted by molar-refractivity contribution is 5.96. The number of hydrogen-bond acceptors (Lipinski definition) is 4. The van der Waals surface area contributed by atoms with Crippen molar-refractivity contribution in [1.82, 2.24) is 14.9 Å². The lowest BCUT2D eigenvalue weighted by atomic mass is 9.96. The van der Waals surface area contributed by atoms with Crippen LogP contribution in [-0.2, 0) is 12.7 Å². The van der Waals surface area contributed by atoms with Crippen LogP contribution in [0.1, 0.15) is 57.4 Å². The number of oxazole rings is 1. The molecule has 0 bridgehead atoms. The van der Waals surface area contributed by atoms with E-state index in [2.05, 4.69) is 10.3 Å². The number of aryl methyl sites for hydroxylation is 2. The Morgan fingerprint density at radius 2 is 1.95 bits per heavy atom. The molecule has 1 saturated carbocycles. The molecule has 202 valence electrons. The van der Waals surface area contributed by atoms with Crippen molar-refractivity contribution in [2.75, 3.05) is 0 Å². The first-order valence-electron chi connectivity index (χ1n) is 12.4. The molecule has 0 spiro atoms. The van der Waals surface area contributed by atoms with E-state index in [9.17, 15) is 22.4 Å². The van der Waals surface area contributed by atoms with E-state index in [-0.39, 0.29) is 46.7 Å². The minimum atomic E-state index is -4.70. The first kappa shape index (κ1) is 26.4. The Balaban J connectivity index is 1.56. The summed E-state index contributed by atoms with van der Waals surface area (Å²) in [6.45, 7) is 3.45. The number of nitrogens with zero attached hydrogens (tertiary/aromatic N) is 2. The SMILES string of the molecule is Cc1cn(Cc2cc(C(=O)N[C@H](c3ccc(F)c(C)c3)C3CC3)cc(-c3cccnc3C(F)(F)F)c2)c(=N)o1. The second-order valence-corrected chi connectivity index (χ2v) is 9.89. The van der Waals surface area contributed by atoms with Crippen LogP contribution < -0.4 is 11.0 Å². The van der Waals surface area contributed by atoms with Gasteiger partial charge in [-0.3, -0.25) is 19.8 Å². The van der Waals surface area contributed by atoms with Gasteiger partial charge in [0.2, 0.25) is 0 Å². The lowest BCUT2D eigenvalue weighted by Gasteiger charge is -2.20. The topological polar surface area (TPSA) is 83.9 Å². The van der Waals surface area contributed by atoms with Crippen molar-refractivity contribution < 1.29 is 26.8 Å². The lowest BCUT2D eigenvalue weighted by Crippen LogP contribution is -2.30. The molecular weight excluding hydrogens is 512 g/mol. The van der Waals surface area contributed by atoms with Gasteiger partial charge in [0.1, 0.15) is 11.6 Å². The lowest BCUT2D eigenvalue weighted by molar-refractivity contribution is -0.140. The number of aromatic nitrogens is 2. The molecule has 39 heavy (non-hydrogen) atoms. The third-order valence-corrected chi connectivity index (χ3v) is 6.77. The second kappa shape index (κ2) is 10.2. The fourth-order valence-corrected chi connectivity index (χ4v) is 4.75. The normalized spacial score (nSPS) is 14.3. The molecular formula is C29H26F4N4O2. The van der Waals surface area contributed by atoms with E-state index >= 15 is 0 Å². The summed E-state index contributed by atoms with van der Waals surface area (Å²) in [5, 5.41) is 11.0. The molecule has 2 N–H and O–H groups in total. The molecule has 1 amide bonds. The molecule has 1 fully saturated rings. The highest BCUT2D eigenvalue weighted by Crippen LogP contribution is 2.42. The first-order valence-corrected chi connectivity index (χ1v) is 12.4. The number of pyridine rings is 1. The Morgan fingerprint density at radius 1 is 1.18 bits per heavy atom. The van der Waals surface area contributed by atoms with Crippen LogP contribution >= 0.6 is 0 Å². The highest BCUT2D eigenvalue weighted by atomic mass is 19.4. The predicted octanol–water partition coefficient (Wildman–Crippen LogP) is 6.33. The highest BCUT2D eigenvalue weighted by Gasteiger charge is 2.36. The van der Waals surface area contributed by atoms with E-state index in [0.29, 0.717) is 16.9 Å². The summed E-state index contributed by atoms with van der Waals surface area (Å²) < 4.78 is 62.1. The Hall–Kier alpha value is -4.21. The molecule has 2 heterocycles. The maximum atomic E-state index is 13.9. The van der Waals surface area contributed by atoms with Gasteiger partial charge >= 0.3 is 6.18 Å². The summed E-state index contributed by atoms with van der Waals surface area (Å²) in [6.07, 6.45) is -0.206. The average molecular weight is 539 g/mol. The largest absolute Gasteiger partial charge is 0.433 e. The number of carbonyl (C=O) groups is 1. The molecule has 0 unspecified atom stereocenters. The molecule has 2 aromatic heterocycles. The van der Waals surface area contributed by atoms with Gasteiger partial charge in [0, 0.05) is 23.5 Å². The minimum absolute atomic E-state index is 0.106. The van der Waals surface area contributed by atoms with Crippen molar-refractivity contribution in [1.29, 1.82) is 5.41 Å². The van der Waals surface area contributed by atoms with Gasteiger partial charge in [-0.15, -0.1) is 0 Å². The van der Waals surface area contributed by atoms with Crippen LogP contribution in [0.25, 0.3) is 11.1 Å². The number of alkyl halides is 3. The summed E-state index contributed by atoms with van der Waals surface area (Å²) in [6, 6.07) is 11.6. The van der Waals surface area contributed by atoms with Crippen LogP contribution in [0.5, 0.6) is 0 Å². The maximum absolute atomic E-state index is 13.9. The molecule has 6 nitrogen and oxygen atoms in total. The summed E-state index contributed by atoms with van der Waals surface area (Å²) in [7, 11) is 0. The minimum Gasteiger partial charge on any atom is -0.429 e. The summed E-state index contributed by atoms with van der Waals surface area (Å²) in [5.74, 6) is -0.113. The molecule has 2 aromatic carbocycles. The summed E-state index contributed by atoms with van der Waals surface area (Å²) >= 11 is 0. The van der Waals surface area contributed by atoms with Crippen LogP contribution in [0.4, 0.5) is 17.6 Å². The molecule has 10 heteroatoms. The van der Waals surface area contributed by atoms with Crippen molar-refractivity contribution in [3.05, 3.63) is 106 Å². The van der Waals surface area contributed by atoms with Crippen molar-refractivity contribution >= 4 is 5.91 Å². The third kappa shape index (κ3) is 5.79. The van der Waals surface area contributed by atoms with Gasteiger partial charge in [-0.05, 0) is 85.2 Å². The van der Waals surface area contributed by atoms with Gasteiger partial charge in [0.15, 0.2) is 5.69 Å². The van der Waals surface area contributed by atoms with Crippen molar-refractivity contribution in [3.63, 3.8) is 0 Å². The van der Waals surface area contributed by atoms with Gasteiger partial charge in [-0.2, -0.15) is 13.2 Å². The average Bonchev–Trinajstić information content (AvgIpc) is 3.68. The van der Waals surface area contributed by atoms with Gasteiger partial charge in [-0.25, -0.2) is 4.39 Å². The van der Waals surface area contributed by atoms with E-state index in [1.54, 1.807) is 44.3 Å². The number of benzene rings is 2. The second-order valence-electron chi connectivity index (χ2n) is 9.89. The quantitative estimate of drug-likeness (QED) is 0.270. The number of carbonyl (C=O) groups excluding carboxylic acids is 1. The molecule has 1 atom stereocenters. The predicted molar refractivity (Wildman–Crippen MR) is 135 cm³/mol. The van der Waals surface area contributed by atoms with Crippen molar-refractivity contribution in [2.45, 2.75) is 45.5 Å². The summed E-state index contributed by atoms with van der Waals surface area (Å²) in [4.78, 5) is 17.1. The standard InChI is InChI=1S/C29H26F4N4O2/c1-16-10-20(7-8-24(16)30)25(19-5-6-19)36-27(38)22-12-18(15-37-14-17(2)39-28(37)34)11-21(13-22)23-4-3-9-35-26(23)29(31,32)33/h3-4,7-14,19,25,34H,5-6,15H2,1-2H3,(H,36,38)/t25-/m0/s1. The monoisotopic (exact) mass is 538 g/mol. The smallest absolute Gasteiger partial charge is 0.429 e. The zero-order valence-corrected chi connectivity index (χ0v) is 21.3. The zero-order chi connectivity index (χ0) is 27.9. The fraction of sp³-hybridized carbons (Fsp3) is 0.276. The van der Waals surface area contributed by atoms with E-state index in [1.165, 1.54) is 28.8 Å². The number of hydrogen-bond donors (Lipinski definition) is 2. The first-order chi connectivity index (χ1) is 18.5. The maximum Gasteiger partial charge on any atom is 0.433 e. The molecule has 0 saturated heterocycles. The number of rotatable bonds is 7. The molecule has 5 rings (SSSR count). The van der Waals surface area contributed by atoms with E-state index in [4.69, 9.17) is 9.83 Å². The van der Waals surface area contributed by atoms with E-state index in [1.807, 2.05) is 0 Å². The van der Waals surface area contributed by atoms with Crippen LogP contribution in [0.15, 0.2) is 65.3 Å². The number of halogens is 4. The van der Waals surface area contributed by atoms with Crippen LogP contribution in [-0.4, -0.2) is 15.5 Å². The Morgan fingerprint density at radius 3 is 2.59 bits per heavy atom. The molecule has 0 aliphatic heterocycles.